The summed E-state index contributed by atoms with van der Waals surface area (Å²) in [5.41, 5.74) is 3.70. The fraction of sp³-hybridized carbons (Fsp3) is 0.500. The highest BCUT2D eigenvalue weighted by atomic mass is 15.3. The van der Waals surface area contributed by atoms with Crippen molar-refractivity contribution in [1.29, 1.82) is 0 Å². The number of nitrogens with one attached hydrogen (secondary N) is 2. The van der Waals surface area contributed by atoms with Crippen LogP contribution in [-0.2, 0) is 0 Å². The molecular formula is C14H20N4. The van der Waals surface area contributed by atoms with E-state index in [-0.39, 0.29) is 0 Å². The third kappa shape index (κ3) is 2.82. The summed E-state index contributed by atoms with van der Waals surface area (Å²) >= 11 is 0. The van der Waals surface area contributed by atoms with E-state index in [4.69, 9.17) is 10.8 Å². The zero-order valence-corrected chi connectivity index (χ0v) is 10.5. The van der Waals surface area contributed by atoms with Crippen LogP contribution >= 0.6 is 0 Å². The number of anilines is 1. The lowest BCUT2D eigenvalue weighted by atomic mass is 10.1. The predicted molar refractivity (Wildman–Crippen MR) is 74.1 cm³/mol. The van der Waals surface area contributed by atoms with Crippen molar-refractivity contribution in [2.24, 2.45) is 22.7 Å². The molecule has 0 unspecified atom stereocenters. The second-order valence-electron chi connectivity index (χ2n) is 5.28. The fourth-order valence-corrected chi connectivity index (χ4v) is 2.38. The number of hydrogen-bond acceptors (Lipinski definition) is 2. The van der Waals surface area contributed by atoms with Crippen LogP contribution < -0.4 is 16.6 Å². The van der Waals surface area contributed by atoms with Gasteiger partial charge in [-0.1, -0.05) is 18.2 Å². The van der Waals surface area contributed by atoms with Gasteiger partial charge in [0.15, 0.2) is 0 Å². The standard InChI is InChI=1S/C14H20N4/c15-18-14(16-12-4-2-1-3-5-12)17-13(10-6-7-10)11-8-9-11/h1-5,10-11,13H,6-9,15H2,(H2,16,17,18). The average Bonchev–Trinajstić information content (AvgIpc) is 3.29. The molecule has 0 radical (unpaired) electrons. The quantitative estimate of drug-likeness (QED) is 0.329. The molecular weight excluding hydrogens is 224 g/mol. The van der Waals surface area contributed by atoms with E-state index in [1.807, 2.05) is 30.3 Å². The highest BCUT2D eigenvalue weighted by Gasteiger charge is 2.41. The Balaban J connectivity index is 1.70. The van der Waals surface area contributed by atoms with E-state index in [9.17, 15) is 0 Å². The maximum Gasteiger partial charge on any atom is 0.210 e. The molecule has 0 spiro atoms. The summed E-state index contributed by atoms with van der Waals surface area (Å²) in [6.45, 7) is 0. The number of hydrogen-bond donors (Lipinski definition) is 3. The Morgan fingerprint density at radius 3 is 2.22 bits per heavy atom. The normalized spacial score (nSPS) is 20.0. The summed E-state index contributed by atoms with van der Waals surface area (Å²) in [5.74, 6) is 7.83. The molecule has 2 aliphatic carbocycles. The van der Waals surface area contributed by atoms with E-state index in [0.29, 0.717) is 12.0 Å². The zero-order chi connectivity index (χ0) is 12.4. The van der Waals surface area contributed by atoms with Gasteiger partial charge in [0.25, 0.3) is 0 Å². The van der Waals surface area contributed by atoms with Crippen molar-refractivity contribution >= 4 is 11.6 Å². The first-order valence-electron chi connectivity index (χ1n) is 6.73. The molecule has 0 aromatic heterocycles. The Hall–Kier alpha value is -1.55. The summed E-state index contributed by atoms with van der Waals surface area (Å²) in [6.07, 6.45) is 5.31. The van der Waals surface area contributed by atoms with E-state index in [1.54, 1.807) is 0 Å². The third-order valence-corrected chi connectivity index (χ3v) is 3.66. The second kappa shape index (κ2) is 4.98. The molecule has 0 heterocycles. The Bertz CT molecular complexity index is 409. The zero-order valence-electron chi connectivity index (χ0n) is 10.5. The third-order valence-electron chi connectivity index (χ3n) is 3.66. The molecule has 2 fully saturated rings. The van der Waals surface area contributed by atoms with Gasteiger partial charge in [0.05, 0.1) is 6.04 Å². The predicted octanol–water partition coefficient (Wildman–Crippen LogP) is 2.11. The summed E-state index contributed by atoms with van der Waals surface area (Å²) in [7, 11) is 0. The van der Waals surface area contributed by atoms with Gasteiger partial charge in [-0.2, -0.15) is 0 Å². The van der Waals surface area contributed by atoms with Crippen LogP contribution in [-0.4, -0.2) is 12.0 Å². The summed E-state index contributed by atoms with van der Waals surface area (Å²) < 4.78 is 0. The van der Waals surface area contributed by atoms with Crippen molar-refractivity contribution < 1.29 is 0 Å². The van der Waals surface area contributed by atoms with Gasteiger partial charge in [-0.15, -0.1) is 0 Å². The summed E-state index contributed by atoms with van der Waals surface area (Å²) in [4.78, 5) is 4.78. The maximum absolute atomic E-state index is 5.57. The van der Waals surface area contributed by atoms with Crippen molar-refractivity contribution in [3.05, 3.63) is 30.3 Å². The molecule has 96 valence electrons. The van der Waals surface area contributed by atoms with E-state index in [0.717, 1.165) is 17.5 Å². The van der Waals surface area contributed by atoms with Crippen molar-refractivity contribution in [2.45, 2.75) is 31.7 Å². The SMILES string of the molecule is NNC(=NC(C1CC1)C1CC1)Nc1ccccc1. The Kier molecular flexibility index (Phi) is 3.19. The first-order chi connectivity index (χ1) is 8.86. The van der Waals surface area contributed by atoms with E-state index in [1.165, 1.54) is 25.7 Å². The first-order valence-corrected chi connectivity index (χ1v) is 6.73. The molecule has 18 heavy (non-hydrogen) atoms. The lowest BCUT2D eigenvalue weighted by Crippen LogP contribution is -2.37. The molecule has 2 aliphatic rings. The van der Waals surface area contributed by atoms with Crippen LogP contribution in [0.1, 0.15) is 25.7 Å². The van der Waals surface area contributed by atoms with Crippen LogP contribution in [0.4, 0.5) is 5.69 Å². The molecule has 2 saturated carbocycles. The Labute approximate surface area is 108 Å². The average molecular weight is 244 g/mol. The van der Waals surface area contributed by atoms with Crippen LogP contribution in [0.25, 0.3) is 0 Å². The van der Waals surface area contributed by atoms with Crippen LogP contribution in [0.5, 0.6) is 0 Å². The van der Waals surface area contributed by atoms with Crippen molar-refractivity contribution in [1.82, 2.24) is 5.43 Å². The van der Waals surface area contributed by atoms with Crippen molar-refractivity contribution in [3.8, 4) is 0 Å². The number of rotatable bonds is 4. The van der Waals surface area contributed by atoms with E-state index >= 15 is 0 Å². The number of para-hydroxylation sites is 1. The summed E-state index contributed by atoms with van der Waals surface area (Å²) in [5, 5.41) is 3.24. The smallest absolute Gasteiger partial charge is 0.210 e. The van der Waals surface area contributed by atoms with Crippen LogP contribution in [0.2, 0.25) is 0 Å². The van der Waals surface area contributed by atoms with Crippen LogP contribution in [0.3, 0.4) is 0 Å². The number of nitrogens with zero attached hydrogens (tertiary/aromatic N) is 1. The molecule has 3 rings (SSSR count). The monoisotopic (exact) mass is 244 g/mol. The second-order valence-corrected chi connectivity index (χ2v) is 5.28. The molecule has 1 aromatic rings. The van der Waals surface area contributed by atoms with Gasteiger partial charge >= 0.3 is 0 Å². The number of aliphatic imine (C=N–C) groups is 1. The minimum Gasteiger partial charge on any atom is -0.325 e. The minimum absolute atomic E-state index is 0.465. The largest absolute Gasteiger partial charge is 0.325 e. The maximum atomic E-state index is 5.57. The molecule has 0 atom stereocenters. The molecule has 1 aromatic carbocycles. The van der Waals surface area contributed by atoms with Gasteiger partial charge in [-0.05, 0) is 49.7 Å². The minimum atomic E-state index is 0.465. The molecule has 4 nitrogen and oxygen atoms in total. The molecule has 4 N–H and O–H groups in total. The molecule has 0 amide bonds. The van der Waals surface area contributed by atoms with Gasteiger partial charge in [-0.25, -0.2) is 10.8 Å². The van der Waals surface area contributed by atoms with Gasteiger partial charge in [0.2, 0.25) is 5.96 Å². The van der Waals surface area contributed by atoms with Gasteiger partial charge in [0.1, 0.15) is 0 Å². The Morgan fingerprint density at radius 2 is 1.72 bits per heavy atom. The van der Waals surface area contributed by atoms with Gasteiger partial charge < -0.3 is 5.32 Å². The topological polar surface area (TPSA) is 62.4 Å². The molecule has 0 bridgehead atoms. The summed E-state index contributed by atoms with van der Waals surface area (Å²) in [6, 6.07) is 10.5. The first kappa shape index (κ1) is 11.5. The molecule has 4 heteroatoms. The fourth-order valence-electron chi connectivity index (χ4n) is 2.38. The van der Waals surface area contributed by atoms with E-state index in [2.05, 4.69) is 10.7 Å². The highest BCUT2D eigenvalue weighted by molar-refractivity contribution is 5.93. The lowest BCUT2D eigenvalue weighted by molar-refractivity contribution is 0.531. The lowest BCUT2D eigenvalue weighted by Gasteiger charge is -2.14. The Morgan fingerprint density at radius 1 is 1.11 bits per heavy atom. The van der Waals surface area contributed by atoms with Gasteiger partial charge in [-0.3, -0.25) is 5.43 Å². The van der Waals surface area contributed by atoms with Crippen molar-refractivity contribution in [3.63, 3.8) is 0 Å². The number of hydrazine groups is 1. The van der Waals surface area contributed by atoms with E-state index < -0.39 is 0 Å². The molecule has 0 aliphatic heterocycles. The van der Waals surface area contributed by atoms with Crippen molar-refractivity contribution in [2.75, 3.05) is 5.32 Å². The van der Waals surface area contributed by atoms with Crippen LogP contribution in [0, 0.1) is 11.8 Å². The number of nitrogens with two attached hydrogens (primary N) is 1. The number of benzene rings is 1. The highest BCUT2D eigenvalue weighted by Crippen LogP contribution is 2.46. The molecule has 0 saturated heterocycles. The van der Waals surface area contributed by atoms with Crippen LogP contribution in [0.15, 0.2) is 35.3 Å². The van der Waals surface area contributed by atoms with Gasteiger partial charge in [0, 0.05) is 5.69 Å². The number of guanidine groups is 1.